The zero-order valence-corrected chi connectivity index (χ0v) is 9.34. The average molecular weight is 220 g/mol. The van der Waals surface area contributed by atoms with Crippen LogP contribution in [0, 0.1) is 5.92 Å². The van der Waals surface area contributed by atoms with E-state index in [0.717, 1.165) is 25.1 Å². The number of pyridine rings is 1. The van der Waals surface area contributed by atoms with E-state index < -0.39 is 12.0 Å². The summed E-state index contributed by atoms with van der Waals surface area (Å²) >= 11 is 0. The third kappa shape index (κ3) is 2.15. The molecule has 0 saturated carbocycles. The second kappa shape index (κ2) is 4.51. The molecule has 1 aromatic rings. The highest BCUT2D eigenvalue weighted by atomic mass is 16.4. The predicted molar refractivity (Wildman–Crippen MR) is 61.4 cm³/mol. The summed E-state index contributed by atoms with van der Waals surface area (Å²) in [6, 6.07) is 3.34. The molecule has 4 heteroatoms. The van der Waals surface area contributed by atoms with Crippen molar-refractivity contribution >= 4 is 11.7 Å². The largest absolute Gasteiger partial charge is 0.480 e. The molecule has 0 spiro atoms. The van der Waals surface area contributed by atoms with E-state index in [4.69, 9.17) is 0 Å². The number of hydrogen-bond acceptors (Lipinski definition) is 3. The van der Waals surface area contributed by atoms with Crippen LogP contribution in [0.5, 0.6) is 0 Å². The van der Waals surface area contributed by atoms with E-state index in [1.807, 2.05) is 17.0 Å². The molecule has 1 aliphatic heterocycles. The minimum absolute atomic E-state index is 0.397. The molecule has 0 aliphatic carbocycles. The number of rotatable bonds is 2. The Hall–Kier alpha value is -1.58. The summed E-state index contributed by atoms with van der Waals surface area (Å²) in [6.07, 6.45) is 5.17. The Morgan fingerprint density at radius 1 is 1.50 bits per heavy atom. The zero-order valence-electron chi connectivity index (χ0n) is 9.34. The first-order valence-electron chi connectivity index (χ1n) is 5.58. The van der Waals surface area contributed by atoms with Gasteiger partial charge in [0, 0.05) is 24.6 Å². The molecule has 86 valence electrons. The SMILES string of the molecule is CC1CCN(c2ccncc2)C(C(=O)O)C1. The zero-order chi connectivity index (χ0) is 11.5. The third-order valence-electron chi connectivity index (χ3n) is 3.14. The van der Waals surface area contributed by atoms with Gasteiger partial charge < -0.3 is 10.0 Å². The van der Waals surface area contributed by atoms with E-state index in [9.17, 15) is 9.90 Å². The van der Waals surface area contributed by atoms with Gasteiger partial charge in [-0.25, -0.2) is 4.79 Å². The number of carboxylic acids is 1. The number of aromatic nitrogens is 1. The van der Waals surface area contributed by atoms with Gasteiger partial charge in [0.25, 0.3) is 0 Å². The van der Waals surface area contributed by atoms with E-state index >= 15 is 0 Å². The monoisotopic (exact) mass is 220 g/mol. The van der Waals surface area contributed by atoms with E-state index in [-0.39, 0.29) is 0 Å². The lowest BCUT2D eigenvalue weighted by Gasteiger charge is -2.37. The molecule has 0 bridgehead atoms. The number of aliphatic carboxylic acids is 1. The highest BCUT2D eigenvalue weighted by Crippen LogP contribution is 2.27. The lowest BCUT2D eigenvalue weighted by molar-refractivity contribution is -0.139. The van der Waals surface area contributed by atoms with E-state index in [0.29, 0.717) is 5.92 Å². The highest BCUT2D eigenvalue weighted by Gasteiger charge is 2.31. The predicted octanol–water partition coefficient (Wildman–Crippen LogP) is 1.77. The van der Waals surface area contributed by atoms with Gasteiger partial charge in [0.2, 0.25) is 0 Å². The lowest BCUT2D eigenvalue weighted by Crippen LogP contribution is -2.46. The van der Waals surface area contributed by atoms with Crippen molar-refractivity contribution in [3.05, 3.63) is 24.5 Å². The Bertz CT molecular complexity index is 367. The van der Waals surface area contributed by atoms with Crippen LogP contribution < -0.4 is 4.90 Å². The number of carbonyl (C=O) groups is 1. The van der Waals surface area contributed by atoms with E-state index in [1.165, 1.54) is 0 Å². The first kappa shape index (κ1) is 10.9. The molecule has 0 amide bonds. The topological polar surface area (TPSA) is 53.4 Å². The summed E-state index contributed by atoms with van der Waals surface area (Å²) in [6.45, 7) is 2.92. The first-order chi connectivity index (χ1) is 7.68. The molecule has 2 rings (SSSR count). The van der Waals surface area contributed by atoms with Crippen molar-refractivity contribution in [2.45, 2.75) is 25.8 Å². The number of carboxylic acid groups (broad SMARTS) is 1. The molecule has 2 atom stereocenters. The van der Waals surface area contributed by atoms with Gasteiger partial charge in [0.1, 0.15) is 6.04 Å². The maximum Gasteiger partial charge on any atom is 0.326 e. The minimum atomic E-state index is -0.733. The maximum absolute atomic E-state index is 11.2. The molecule has 1 aliphatic rings. The van der Waals surface area contributed by atoms with Crippen molar-refractivity contribution < 1.29 is 9.90 Å². The van der Waals surface area contributed by atoms with Crippen LogP contribution in [-0.4, -0.2) is 28.6 Å². The molecule has 4 nitrogen and oxygen atoms in total. The quantitative estimate of drug-likeness (QED) is 0.825. The van der Waals surface area contributed by atoms with Crippen LogP contribution in [-0.2, 0) is 4.79 Å². The fraction of sp³-hybridized carbons (Fsp3) is 0.500. The van der Waals surface area contributed by atoms with Gasteiger partial charge in [-0.15, -0.1) is 0 Å². The lowest BCUT2D eigenvalue weighted by atomic mass is 9.92. The first-order valence-corrected chi connectivity index (χ1v) is 5.58. The molecule has 1 saturated heterocycles. The molecular formula is C12H16N2O2. The van der Waals surface area contributed by atoms with Crippen molar-refractivity contribution in [3.63, 3.8) is 0 Å². The van der Waals surface area contributed by atoms with Crippen LogP contribution in [0.25, 0.3) is 0 Å². The Labute approximate surface area is 94.9 Å². The Balaban J connectivity index is 2.22. The fourth-order valence-electron chi connectivity index (χ4n) is 2.22. The summed E-state index contributed by atoms with van der Waals surface area (Å²) < 4.78 is 0. The maximum atomic E-state index is 11.2. The highest BCUT2D eigenvalue weighted by molar-refractivity contribution is 5.78. The second-order valence-corrected chi connectivity index (χ2v) is 4.38. The number of hydrogen-bond donors (Lipinski definition) is 1. The van der Waals surface area contributed by atoms with Gasteiger partial charge in [-0.2, -0.15) is 0 Å². The molecule has 1 fully saturated rings. The van der Waals surface area contributed by atoms with Crippen LogP contribution in [0.3, 0.4) is 0 Å². The van der Waals surface area contributed by atoms with Gasteiger partial charge in [0.15, 0.2) is 0 Å². The molecule has 2 unspecified atom stereocenters. The second-order valence-electron chi connectivity index (χ2n) is 4.38. The van der Waals surface area contributed by atoms with Gasteiger partial charge in [-0.05, 0) is 30.9 Å². The normalized spacial score (nSPS) is 25.4. The Morgan fingerprint density at radius 2 is 2.19 bits per heavy atom. The van der Waals surface area contributed by atoms with E-state index in [1.54, 1.807) is 12.4 Å². The van der Waals surface area contributed by atoms with Crippen LogP contribution in [0.4, 0.5) is 5.69 Å². The fourth-order valence-corrected chi connectivity index (χ4v) is 2.22. The smallest absolute Gasteiger partial charge is 0.326 e. The molecule has 0 aromatic carbocycles. The average Bonchev–Trinajstić information content (AvgIpc) is 2.30. The Kier molecular flexibility index (Phi) is 3.08. The standard InChI is InChI=1S/C12H16N2O2/c1-9-4-7-14(11(8-9)12(15)16)10-2-5-13-6-3-10/h2-3,5-6,9,11H,4,7-8H2,1H3,(H,15,16). The van der Waals surface area contributed by atoms with Crippen LogP contribution in [0.1, 0.15) is 19.8 Å². The molecule has 0 radical (unpaired) electrons. The van der Waals surface area contributed by atoms with Crippen LogP contribution in [0.15, 0.2) is 24.5 Å². The molecule has 1 N–H and O–H groups in total. The molecular weight excluding hydrogens is 204 g/mol. The molecule has 1 aromatic heterocycles. The summed E-state index contributed by atoms with van der Waals surface area (Å²) in [7, 11) is 0. The summed E-state index contributed by atoms with van der Waals surface area (Å²) in [5, 5.41) is 9.23. The van der Waals surface area contributed by atoms with Gasteiger partial charge in [0.05, 0.1) is 0 Å². The molecule has 16 heavy (non-hydrogen) atoms. The minimum Gasteiger partial charge on any atom is -0.480 e. The van der Waals surface area contributed by atoms with Gasteiger partial charge >= 0.3 is 5.97 Å². The van der Waals surface area contributed by atoms with Crippen LogP contribution in [0.2, 0.25) is 0 Å². The van der Waals surface area contributed by atoms with Crippen molar-refractivity contribution in [1.29, 1.82) is 0 Å². The van der Waals surface area contributed by atoms with Crippen molar-refractivity contribution in [2.24, 2.45) is 5.92 Å². The Morgan fingerprint density at radius 3 is 2.81 bits per heavy atom. The number of piperidine rings is 1. The number of anilines is 1. The molecule has 2 heterocycles. The van der Waals surface area contributed by atoms with E-state index in [2.05, 4.69) is 11.9 Å². The van der Waals surface area contributed by atoms with Gasteiger partial charge in [-0.1, -0.05) is 6.92 Å². The van der Waals surface area contributed by atoms with Crippen molar-refractivity contribution in [1.82, 2.24) is 4.98 Å². The summed E-state index contributed by atoms with van der Waals surface area (Å²) in [4.78, 5) is 17.1. The van der Waals surface area contributed by atoms with Crippen molar-refractivity contribution in [2.75, 3.05) is 11.4 Å². The summed E-state index contributed by atoms with van der Waals surface area (Å²) in [5.74, 6) is -0.248. The van der Waals surface area contributed by atoms with Crippen molar-refractivity contribution in [3.8, 4) is 0 Å². The third-order valence-corrected chi connectivity index (χ3v) is 3.14. The number of nitrogens with zero attached hydrogens (tertiary/aromatic N) is 2. The summed E-state index contributed by atoms with van der Waals surface area (Å²) in [5.41, 5.74) is 0.953. The van der Waals surface area contributed by atoms with Crippen LogP contribution >= 0.6 is 0 Å². The van der Waals surface area contributed by atoms with Gasteiger partial charge in [-0.3, -0.25) is 4.98 Å².